The van der Waals surface area contributed by atoms with Gasteiger partial charge < -0.3 is 10.6 Å². The van der Waals surface area contributed by atoms with Crippen LogP contribution in [-0.4, -0.2) is 23.1 Å². The Hall–Kier alpha value is -1.03. The Bertz CT molecular complexity index is 396. The summed E-state index contributed by atoms with van der Waals surface area (Å²) in [6.45, 7) is 0. The number of hydrogen-bond acceptors (Lipinski definition) is 4. The molecule has 5 heteroatoms. The largest absolute Gasteiger partial charge is 0.368 e. The van der Waals surface area contributed by atoms with Gasteiger partial charge in [0.05, 0.1) is 0 Å². The maximum atomic E-state index is 5.93. The number of rotatable bonds is 4. The van der Waals surface area contributed by atoms with Crippen molar-refractivity contribution in [3.05, 3.63) is 11.2 Å². The van der Waals surface area contributed by atoms with Crippen LogP contribution in [0.5, 0.6) is 0 Å². The van der Waals surface area contributed by atoms with E-state index in [0.29, 0.717) is 11.2 Å². The average Bonchev–Trinajstić information content (AvgIpc) is 3.11. The molecule has 0 aliphatic heterocycles. The van der Waals surface area contributed by atoms with Crippen LogP contribution >= 0.6 is 11.6 Å². The molecular weight excluding hydrogens is 236 g/mol. The van der Waals surface area contributed by atoms with Crippen LogP contribution in [0.25, 0.3) is 0 Å². The van der Waals surface area contributed by atoms with Crippen LogP contribution < -0.4 is 10.6 Å². The predicted molar refractivity (Wildman–Crippen MR) is 69.1 cm³/mol. The van der Waals surface area contributed by atoms with E-state index in [9.17, 15) is 0 Å². The first kappa shape index (κ1) is 11.1. The highest BCUT2D eigenvalue weighted by Crippen LogP contribution is 2.47. The minimum atomic E-state index is 0.254. The Morgan fingerprint density at radius 1 is 1.29 bits per heavy atom. The van der Waals surface area contributed by atoms with Gasteiger partial charge in [-0.2, -0.15) is 4.98 Å². The van der Waals surface area contributed by atoms with E-state index in [4.69, 9.17) is 17.3 Å². The smallest absolute Gasteiger partial charge is 0.223 e. The lowest BCUT2D eigenvalue weighted by molar-refractivity contribution is 0.500. The van der Waals surface area contributed by atoms with Gasteiger partial charge in [-0.05, 0) is 37.5 Å². The molecule has 2 fully saturated rings. The number of hydrogen-bond donors (Lipinski definition) is 1. The van der Waals surface area contributed by atoms with Crippen molar-refractivity contribution in [2.75, 3.05) is 17.7 Å². The third-order valence-electron chi connectivity index (χ3n) is 3.72. The summed E-state index contributed by atoms with van der Waals surface area (Å²) < 4.78 is 0. The molecule has 0 bridgehead atoms. The molecule has 0 aromatic carbocycles. The Labute approximate surface area is 106 Å². The van der Waals surface area contributed by atoms with Crippen molar-refractivity contribution >= 4 is 23.4 Å². The Balaban J connectivity index is 1.85. The van der Waals surface area contributed by atoms with Crippen molar-refractivity contribution < 1.29 is 0 Å². The SMILES string of the molecule is CN(c1cc(Cl)nc(N)n1)C(C1CC1)C1CC1. The molecule has 2 aliphatic rings. The van der Waals surface area contributed by atoms with Gasteiger partial charge in [0.25, 0.3) is 0 Å². The molecule has 0 spiro atoms. The zero-order valence-electron chi connectivity index (χ0n) is 9.93. The number of aromatic nitrogens is 2. The number of halogens is 1. The first-order valence-corrected chi connectivity index (χ1v) is 6.56. The highest BCUT2D eigenvalue weighted by atomic mass is 35.5. The molecular formula is C12H17ClN4. The van der Waals surface area contributed by atoms with Crippen LogP contribution in [-0.2, 0) is 0 Å². The van der Waals surface area contributed by atoms with E-state index >= 15 is 0 Å². The van der Waals surface area contributed by atoms with Crippen molar-refractivity contribution in [3.63, 3.8) is 0 Å². The maximum absolute atomic E-state index is 5.93. The lowest BCUT2D eigenvalue weighted by atomic mass is 10.1. The first-order valence-electron chi connectivity index (χ1n) is 6.18. The summed E-state index contributed by atoms with van der Waals surface area (Å²) in [6, 6.07) is 2.41. The van der Waals surface area contributed by atoms with Crippen molar-refractivity contribution in [3.8, 4) is 0 Å². The fourth-order valence-corrected chi connectivity index (χ4v) is 2.83. The molecule has 4 nitrogen and oxygen atoms in total. The minimum absolute atomic E-state index is 0.254. The van der Waals surface area contributed by atoms with Crippen molar-refractivity contribution in [1.82, 2.24) is 9.97 Å². The molecule has 0 saturated heterocycles. The molecule has 2 aliphatic carbocycles. The highest BCUT2D eigenvalue weighted by molar-refractivity contribution is 6.29. The van der Waals surface area contributed by atoms with E-state index in [-0.39, 0.29) is 5.95 Å². The summed E-state index contributed by atoms with van der Waals surface area (Å²) in [5, 5.41) is 0.421. The van der Waals surface area contributed by atoms with Gasteiger partial charge >= 0.3 is 0 Å². The third kappa shape index (κ3) is 2.32. The summed E-state index contributed by atoms with van der Waals surface area (Å²) in [4.78, 5) is 10.4. The monoisotopic (exact) mass is 252 g/mol. The number of nitrogens with two attached hydrogens (primary N) is 1. The zero-order valence-corrected chi connectivity index (χ0v) is 10.7. The molecule has 2 N–H and O–H groups in total. The second kappa shape index (κ2) is 4.02. The summed E-state index contributed by atoms with van der Waals surface area (Å²) in [7, 11) is 2.10. The fourth-order valence-electron chi connectivity index (χ4n) is 2.65. The molecule has 0 amide bonds. The molecule has 17 heavy (non-hydrogen) atoms. The molecule has 0 atom stereocenters. The van der Waals surface area contributed by atoms with Crippen LogP contribution in [0.3, 0.4) is 0 Å². The number of nitrogen functional groups attached to an aromatic ring is 1. The van der Waals surface area contributed by atoms with Gasteiger partial charge in [0, 0.05) is 19.2 Å². The average molecular weight is 253 g/mol. The molecule has 1 aromatic heterocycles. The van der Waals surface area contributed by atoms with E-state index in [0.717, 1.165) is 17.7 Å². The Morgan fingerprint density at radius 2 is 1.88 bits per heavy atom. The first-order chi connectivity index (χ1) is 8.15. The summed E-state index contributed by atoms with van der Waals surface area (Å²) in [5.41, 5.74) is 5.65. The summed E-state index contributed by atoms with van der Waals surface area (Å²) >= 11 is 5.93. The fraction of sp³-hybridized carbons (Fsp3) is 0.667. The molecule has 0 unspecified atom stereocenters. The van der Waals surface area contributed by atoms with Gasteiger partial charge in [0.15, 0.2) is 0 Å². The Kier molecular flexibility index (Phi) is 2.62. The normalized spacial score (nSPS) is 19.7. The van der Waals surface area contributed by atoms with Gasteiger partial charge in [-0.3, -0.25) is 0 Å². The molecule has 2 saturated carbocycles. The van der Waals surface area contributed by atoms with Crippen LogP contribution in [0.1, 0.15) is 25.7 Å². The lowest BCUT2D eigenvalue weighted by Crippen LogP contribution is -2.36. The highest BCUT2D eigenvalue weighted by Gasteiger charge is 2.44. The van der Waals surface area contributed by atoms with Crippen LogP contribution in [0.4, 0.5) is 11.8 Å². The molecule has 3 rings (SSSR count). The topological polar surface area (TPSA) is 55.0 Å². The molecule has 0 radical (unpaired) electrons. The van der Waals surface area contributed by atoms with Gasteiger partial charge in [-0.1, -0.05) is 11.6 Å². The quantitative estimate of drug-likeness (QED) is 0.836. The van der Waals surface area contributed by atoms with Gasteiger partial charge in [-0.25, -0.2) is 4.98 Å². The van der Waals surface area contributed by atoms with E-state index in [1.54, 1.807) is 6.07 Å². The Morgan fingerprint density at radius 3 is 2.35 bits per heavy atom. The van der Waals surface area contributed by atoms with Crippen molar-refractivity contribution in [1.29, 1.82) is 0 Å². The van der Waals surface area contributed by atoms with Crippen molar-refractivity contribution in [2.24, 2.45) is 11.8 Å². The van der Waals surface area contributed by atoms with E-state index in [1.807, 2.05) is 0 Å². The van der Waals surface area contributed by atoms with Crippen molar-refractivity contribution in [2.45, 2.75) is 31.7 Å². The predicted octanol–water partition coefficient (Wildman–Crippen LogP) is 2.34. The van der Waals surface area contributed by atoms with E-state index in [2.05, 4.69) is 21.9 Å². The van der Waals surface area contributed by atoms with Crippen LogP contribution in [0, 0.1) is 11.8 Å². The second-order valence-electron chi connectivity index (χ2n) is 5.18. The summed E-state index contributed by atoms with van der Waals surface area (Å²) in [6.07, 6.45) is 5.39. The van der Waals surface area contributed by atoms with E-state index in [1.165, 1.54) is 25.7 Å². The minimum Gasteiger partial charge on any atom is -0.368 e. The molecule has 92 valence electrons. The van der Waals surface area contributed by atoms with E-state index < -0.39 is 0 Å². The number of anilines is 2. The molecule has 1 heterocycles. The summed E-state index contributed by atoms with van der Waals surface area (Å²) in [5.74, 6) is 2.78. The van der Waals surface area contributed by atoms with Crippen LogP contribution in [0.2, 0.25) is 5.15 Å². The van der Waals surface area contributed by atoms with Crippen LogP contribution in [0.15, 0.2) is 6.07 Å². The zero-order chi connectivity index (χ0) is 12.0. The van der Waals surface area contributed by atoms with Gasteiger partial charge in [-0.15, -0.1) is 0 Å². The maximum Gasteiger partial charge on any atom is 0.223 e. The molecule has 1 aromatic rings. The second-order valence-corrected chi connectivity index (χ2v) is 5.57. The van der Waals surface area contributed by atoms with Gasteiger partial charge in [0.1, 0.15) is 11.0 Å². The standard InChI is InChI=1S/C12H17ClN4/c1-17(10-6-9(13)15-12(14)16-10)11(7-2-3-7)8-4-5-8/h6-8,11H,2-5H2,1H3,(H2,14,15,16). The number of nitrogens with zero attached hydrogens (tertiary/aromatic N) is 3. The third-order valence-corrected chi connectivity index (χ3v) is 3.91. The lowest BCUT2D eigenvalue weighted by Gasteiger charge is -2.29. The van der Waals surface area contributed by atoms with Gasteiger partial charge in [0.2, 0.25) is 5.95 Å².